The Kier molecular flexibility index (Phi) is 2.55. The molecule has 0 N–H and O–H groups in total. The van der Waals surface area contributed by atoms with Gasteiger partial charge in [-0.25, -0.2) is 0 Å². The molecule has 0 atom stereocenters. The lowest BCUT2D eigenvalue weighted by Crippen LogP contribution is -1.90. The second-order valence-electron chi connectivity index (χ2n) is 2.28. The summed E-state index contributed by atoms with van der Waals surface area (Å²) < 4.78 is 5.14. The number of benzene rings is 1. The van der Waals surface area contributed by atoms with Crippen molar-refractivity contribution in [2.24, 2.45) is 0 Å². The van der Waals surface area contributed by atoms with Crippen molar-refractivity contribution < 1.29 is 4.74 Å². The molecule has 0 spiro atoms. The summed E-state index contributed by atoms with van der Waals surface area (Å²) in [7, 11) is 1.60. The van der Waals surface area contributed by atoms with Crippen molar-refractivity contribution in [3.05, 3.63) is 35.9 Å². The Morgan fingerprint density at radius 2 is 2.33 bits per heavy atom. The zero-order valence-electron chi connectivity index (χ0n) is 7.00. The summed E-state index contributed by atoms with van der Waals surface area (Å²) >= 11 is 0. The highest BCUT2D eigenvalue weighted by atomic mass is 16.5. The van der Waals surface area contributed by atoms with Crippen LogP contribution in [0.5, 0.6) is 5.75 Å². The first kappa shape index (κ1) is 8.42. The third kappa shape index (κ3) is 1.33. The Morgan fingerprint density at radius 3 is 2.83 bits per heavy atom. The Bertz CT molecular complexity index is 331. The maximum absolute atomic E-state index is 5.29. The minimum Gasteiger partial charge on any atom is -0.495 e. The van der Waals surface area contributed by atoms with E-state index >= 15 is 0 Å². The number of terminal acetylenes is 1. The zero-order valence-corrected chi connectivity index (χ0v) is 7.00. The van der Waals surface area contributed by atoms with Crippen LogP contribution in [0.15, 0.2) is 24.8 Å². The molecule has 0 aliphatic heterocycles. The lowest BCUT2D eigenvalue weighted by molar-refractivity contribution is 0.412. The van der Waals surface area contributed by atoms with Crippen molar-refractivity contribution in [3.8, 4) is 18.1 Å². The molecule has 1 rings (SSSR count). The smallest absolute Gasteiger partial charge is 0.141 e. The van der Waals surface area contributed by atoms with Gasteiger partial charge in [-0.15, -0.1) is 6.42 Å². The summed E-state index contributed by atoms with van der Waals surface area (Å²) in [5, 5.41) is 0. The molecule has 1 aromatic rings. The van der Waals surface area contributed by atoms with Gasteiger partial charge < -0.3 is 4.74 Å². The summed E-state index contributed by atoms with van der Waals surface area (Å²) in [5.41, 5.74) is 1.68. The molecule has 0 saturated carbocycles. The number of para-hydroxylation sites is 1. The van der Waals surface area contributed by atoms with E-state index in [2.05, 4.69) is 12.5 Å². The lowest BCUT2D eigenvalue weighted by Gasteiger charge is -2.06. The van der Waals surface area contributed by atoms with Crippen molar-refractivity contribution in [1.29, 1.82) is 0 Å². The minimum atomic E-state index is 0.718. The summed E-state index contributed by atoms with van der Waals surface area (Å²) in [6.45, 7) is 3.67. The van der Waals surface area contributed by atoms with Crippen molar-refractivity contribution in [1.82, 2.24) is 0 Å². The van der Waals surface area contributed by atoms with Crippen molar-refractivity contribution in [2.75, 3.05) is 7.11 Å². The van der Waals surface area contributed by atoms with Gasteiger partial charge in [0.25, 0.3) is 0 Å². The van der Waals surface area contributed by atoms with Crippen LogP contribution < -0.4 is 4.74 Å². The molecule has 0 unspecified atom stereocenters. The molecule has 0 amide bonds. The molecule has 0 aliphatic carbocycles. The van der Waals surface area contributed by atoms with Crippen LogP contribution in [0.3, 0.4) is 0 Å². The van der Waals surface area contributed by atoms with Crippen molar-refractivity contribution >= 4 is 6.08 Å². The molecule has 0 bridgehead atoms. The van der Waals surface area contributed by atoms with Crippen molar-refractivity contribution in [3.63, 3.8) is 0 Å². The summed E-state index contributed by atoms with van der Waals surface area (Å²) in [4.78, 5) is 0. The molecule has 1 nitrogen and oxygen atoms in total. The van der Waals surface area contributed by atoms with Crippen LogP contribution in [-0.2, 0) is 0 Å². The normalized spacial score (nSPS) is 8.67. The van der Waals surface area contributed by atoms with Crippen LogP contribution in [0.25, 0.3) is 6.08 Å². The second kappa shape index (κ2) is 3.64. The van der Waals surface area contributed by atoms with Crippen LogP contribution in [0, 0.1) is 12.3 Å². The minimum absolute atomic E-state index is 0.718. The molecule has 1 heteroatoms. The van der Waals surface area contributed by atoms with Gasteiger partial charge in [-0.05, 0) is 6.07 Å². The SMILES string of the molecule is C#Cc1cccc(C=C)c1OC. The van der Waals surface area contributed by atoms with E-state index in [1.807, 2.05) is 18.2 Å². The average molecular weight is 158 g/mol. The fourth-order valence-corrected chi connectivity index (χ4v) is 1.06. The molecule has 0 radical (unpaired) electrons. The number of methoxy groups -OCH3 is 1. The molecular weight excluding hydrogens is 148 g/mol. The zero-order chi connectivity index (χ0) is 8.97. The molecule has 0 aromatic heterocycles. The maximum Gasteiger partial charge on any atom is 0.141 e. The fraction of sp³-hybridized carbons (Fsp3) is 0.0909. The highest BCUT2D eigenvalue weighted by molar-refractivity contribution is 5.61. The highest BCUT2D eigenvalue weighted by Gasteiger charge is 2.02. The van der Waals surface area contributed by atoms with Crippen LogP contribution in [0.4, 0.5) is 0 Å². The number of hydrogen-bond acceptors (Lipinski definition) is 1. The van der Waals surface area contributed by atoms with Gasteiger partial charge >= 0.3 is 0 Å². The number of ether oxygens (including phenoxy) is 1. The van der Waals surface area contributed by atoms with Gasteiger partial charge in [-0.1, -0.05) is 30.7 Å². The van der Waals surface area contributed by atoms with Crippen LogP contribution in [0.2, 0.25) is 0 Å². The third-order valence-corrected chi connectivity index (χ3v) is 1.63. The Hall–Kier alpha value is -1.68. The molecule has 12 heavy (non-hydrogen) atoms. The molecule has 0 fully saturated rings. The molecular formula is C11H10O. The van der Waals surface area contributed by atoms with Gasteiger partial charge in [0.05, 0.1) is 12.7 Å². The van der Waals surface area contributed by atoms with Gasteiger partial charge in [-0.3, -0.25) is 0 Å². The summed E-state index contributed by atoms with van der Waals surface area (Å²) in [6.07, 6.45) is 7.01. The van der Waals surface area contributed by atoms with E-state index in [0.29, 0.717) is 0 Å². The molecule has 60 valence electrons. The Morgan fingerprint density at radius 1 is 1.58 bits per heavy atom. The van der Waals surface area contributed by atoms with E-state index in [0.717, 1.165) is 16.9 Å². The van der Waals surface area contributed by atoms with Crippen LogP contribution in [-0.4, -0.2) is 7.11 Å². The quantitative estimate of drug-likeness (QED) is 0.600. The van der Waals surface area contributed by atoms with Gasteiger partial charge in [0.2, 0.25) is 0 Å². The van der Waals surface area contributed by atoms with Crippen molar-refractivity contribution in [2.45, 2.75) is 0 Å². The number of rotatable bonds is 2. The highest BCUT2D eigenvalue weighted by Crippen LogP contribution is 2.23. The first-order valence-corrected chi connectivity index (χ1v) is 3.59. The topological polar surface area (TPSA) is 9.23 Å². The van der Waals surface area contributed by atoms with E-state index in [9.17, 15) is 0 Å². The van der Waals surface area contributed by atoms with Gasteiger partial charge in [0, 0.05) is 5.56 Å². The summed E-state index contributed by atoms with van der Waals surface area (Å²) in [6, 6.07) is 5.63. The molecule has 0 aliphatic rings. The third-order valence-electron chi connectivity index (χ3n) is 1.63. The maximum atomic E-state index is 5.29. The Labute approximate surface area is 72.7 Å². The monoisotopic (exact) mass is 158 g/mol. The van der Waals surface area contributed by atoms with E-state index in [4.69, 9.17) is 11.2 Å². The van der Waals surface area contributed by atoms with Crippen LogP contribution >= 0.6 is 0 Å². The second-order valence-corrected chi connectivity index (χ2v) is 2.28. The first-order valence-electron chi connectivity index (χ1n) is 3.59. The average Bonchev–Trinajstić information content (AvgIpc) is 2.16. The van der Waals surface area contributed by atoms with Gasteiger partial charge in [0.15, 0.2) is 0 Å². The first-order chi connectivity index (χ1) is 5.83. The standard InChI is InChI=1S/C11H10O/c1-4-9-7-6-8-10(5-2)11(9)12-3/h1,5-8H,2H2,3H3. The van der Waals surface area contributed by atoms with Gasteiger partial charge in [0.1, 0.15) is 5.75 Å². The number of hydrogen-bond donors (Lipinski definition) is 0. The molecule has 0 saturated heterocycles. The fourth-order valence-electron chi connectivity index (χ4n) is 1.06. The van der Waals surface area contributed by atoms with E-state index in [-0.39, 0.29) is 0 Å². The van der Waals surface area contributed by atoms with E-state index < -0.39 is 0 Å². The van der Waals surface area contributed by atoms with E-state index in [1.165, 1.54) is 0 Å². The van der Waals surface area contributed by atoms with Gasteiger partial charge in [-0.2, -0.15) is 0 Å². The predicted octanol–water partition coefficient (Wildman–Crippen LogP) is 2.32. The lowest BCUT2D eigenvalue weighted by atomic mass is 10.1. The molecule has 1 aromatic carbocycles. The molecule has 0 heterocycles. The summed E-state index contributed by atoms with van der Waals surface area (Å²) in [5.74, 6) is 3.27. The van der Waals surface area contributed by atoms with Crippen LogP contribution in [0.1, 0.15) is 11.1 Å². The largest absolute Gasteiger partial charge is 0.495 e. The predicted molar refractivity (Wildman–Crippen MR) is 51.0 cm³/mol. The Balaban J connectivity index is 3.34. The van der Waals surface area contributed by atoms with E-state index in [1.54, 1.807) is 13.2 Å².